The zero-order valence-corrected chi connectivity index (χ0v) is 11.5. The molecule has 1 heterocycles. The molecule has 0 aromatic rings. The second-order valence-electron chi connectivity index (χ2n) is 5.61. The Morgan fingerprint density at radius 1 is 1.50 bits per heavy atom. The van der Waals surface area contributed by atoms with Gasteiger partial charge in [-0.3, -0.25) is 4.90 Å². The van der Waals surface area contributed by atoms with E-state index in [-0.39, 0.29) is 5.60 Å². The van der Waals surface area contributed by atoms with E-state index in [2.05, 4.69) is 44.8 Å². The molecule has 1 aliphatic rings. The quantitative estimate of drug-likeness (QED) is 0.727. The van der Waals surface area contributed by atoms with Gasteiger partial charge in [0.15, 0.2) is 0 Å². The maximum atomic E-state index is 5.92. The van der Waals surface area contributed by atoms with Crippen LogP contribution in [0.25, 0.3) is 0 Å². The van der Waals surface area contributed by atoms with E-state index in [0.29, 0.717) is 12.1 Å². The van der Waals surface area contributed by atoms with Crippen molar-refractivity contribution in [2.24, 2.45) is 0 Å². The number of hydrogen-bond acceptors (Lipinski definition) is 3. The third-order valence-corrected chi connectivity index (χ3v) is 3.21. The van der Waals surface area contributed by atoms with E-state index in [0.717, 1.165) is 26.2 Å². The Morgan fingerprint density at radius 2 is 2.19 bits per heavy atom. The lowest BCUT2D eigenvalue weighted by Gasteiger charge is -2.44. The van der Waals surface area contributed by atoms with E-state index >= 15 is 0 Å². The molecule has 0 spiro atoms. The Labute approximate surface area is 101 Å². The summed E-state index contributed by atoms with van der Waals surface area (Å²) in [6, 6.07) is 0.643. The minimum Gasteiger partial charge on any atom is -0.370 e. The van der Waals surface area contributed by atoms with Crippen LogP contribution in [0.3, 0.4) is 0 Å². The summed E-state index contributed by atoms with van der Waals surface area (Å²) in [6.45, 7) is 15.3. The first-order chi connectivity index (χ1) is 7.44. The average molecular weight is 228 g/mol. The number of hydrogen-bond donors (Lipinski definition) is 1. The number of ether oxygens (including phenoxy) is 1. The highest BCUT2D eigenvalue weighted by molar-refractivity contribution is 4.85. The van der Waals surface area contributed by atoms with Gasteiger partial charge in [0.25, 0.3) is 0 Å². The molecule has 16 heavy (non-hydrogen) atoms. The smallest absolute Gasteiger partial charge is 0.0757 e. The lowest BCUT2D eigenvalue weighted by atomic mass is 10.0. The predicted molar refractivity (Wildman–Crippen MR) is 68.8 cm³/mol. The average Bonchev–Trinajstić information content (AvgIpc) is 2.14. The molecule has 1 N–H and O–H groups in total. The summed E-state index contributed by atoms with van der Waals surface area (Å²) in [7, 11) is 0. The number of rotatable bonds is 5. The van der Waals surface area contributed by atoms with Gasteiger partial charge in [0.05, 0.1) is 11.7 Å². The molecule has 0 aliphatic carbocycles. The highest BCUT2D eigenvalue weighted by Gasteiger charge is 2.32. The van der Waals surface area contributed by atoms with Crippen molar-refractivity contribution in [2.45, 2.75) is 58.8 Å². The summed E-state index contributed by atoms with van der Waals surface area (Å²) in [5.41, 5.74) is 0.00408. The second kappa shape index (κ2) is 5.99. The van der Waals surface area contributed by atoms with Crippen LogP contribution in [0.4, 0.5) is 0 Å². The van der Waals surface area contributed by atoms with Crippen LogP contribution in [0.15, 0.2) is 0 Å². The van der Waals surface area contributed by atoms with Gasteiger partial charge < -0.3 is 10.1 Å². The van der Waals surface area contributed by atoms with E-state index in [9.17, 15) is 0 Å². The predicted octanol–water partition coefficient (Wildman–Crippen LogP) is 1.87. The maximum Gasteiger partial charge on any atom is 0.0757 e. The zero-order chi connectivity index (χ0) is 12.2. The first kappa shape index (κ1) is 13.9. The van der Waals surface area contributed by atoms with Crippen molar-refractivity contribution < 1.29 is 4.74 Å². The van der Waals surface area contributed by atoms with Gasteiger partial charge in [-0.2, -0.15) is 0 Å². The normalized spacial score (nSPS) is 27.9. The van der Waals surface area contributed by atoms with Gasteiger partial charge in [0.1, 0.15) is 0 Å². The first-order valence-corrected chi connectivity index (χ1v) is 6.57. The van der Waals surface area contributed by atoms with Crippen molar-refractivity contribution in [3.63, 3.8) is 0 Å². The van der Waals surface area contributed by atoms with Crippen LogP contribution in [0.1, 0.15) is 41.0 Å². The molecule has 1 aliphatic heterocycles. The molecule has 0 aromatic carbocycles. The molecule has 0 amide bonds. The molecule has 1 rings (SSSR count). The fraction of sp³-hybridized carbons (Fsp3) is 1.00. The summed E-state index contributed by atoms with van der Waals surface area (Å²) < 4.78 is 5.92. The maximum absolute atomic E-state index is 5.92. The first-order valence-electron chi connectivity index (χ1n) is 6.57. The summed E-state index contributed by atoms with van der Waals surface area (Å²) in [6.07, 6.45) is 1.57. The van der Waals surface area contributed by atoms with Crippen LogP contribution in [-0.4, -0.2) is 48.8 Å². The molecule has 3 heteroatoms. The largest absolute Gasteiger partial charge is 0.370 e. The topological polar surface area (TPSA) is 24.5 Å². The van der Waals surface area contributed by atoms with Gasteiger partial charge in [-0.1, -0.05) is 6.92 Å². The molecule has 3 nitrogen and oxygen atoms in total. The van der Waals surface area contributed by atoms with Crippen molar-refractivity contribution in [2.75, 3.05) is 26.2 Å². The van der Waals surface area contributed by atoms with Crippen LogP contribution >= 0.6 is 0 Å². The number of nitrogens with one attached hydrogen (secondary N) is 1. The molecule has 1 fully saturated rings. The zero-order valence-electron chi connectivity index (χ0n) is 11.5. The molecule has 0 saturated carbocycles. The molecular weight excluding hydrogens is 200 g/mol. The van der Waals surface area contributed by atoms with E-state index < -0.39 is 0 Å². The van der Waals surface area contributed by atoms with Gasteiger partial charge in [0, 0.05) is 19.1 Å². The van der Waals surface area contributed by atoms with Gasteiger partial charge in [0.2, 0.25) is 0 Å². The molecule has 0 bridgehead atoms. The van der Waals surface area contributed by atoms with Gasteiger partial charge in [-0.25, -0.2) is 0 Å². The van der Waals surface area contributed by atoms with Crippen LogP contribution in [0, 0.1) is 0 Å². The van der Waals surface area contributed by atoms with Crippen molar-refractivity contribution >= 4 is 0 Å². The van der Waals surface area contributed by atoms with E-state index in [1.807, 2.05) is 0 Å². The van der Waals surface area contributed by atoms with Crippen molar-refractivity contribution in [1.29, 1.82) is 0 Å². The van der Waals surface area contributed by atoms with Gasteiger partial charge >= 0.3 is 0 Å². The van der Waals surface area contributed by atoms with E-state index in [1.165, 1.54) is 6.42 Å². The molecule has 0 radical (unpaired) electrons. The van der Waals surface area contributed by atoms with E-state index in [4.69, 9.17) is 4.74 Å². The monoisotopic (exact) mass is 228 g/mol. The lowest BCUT2D eigenvalue weighted by molar-refractivity contribution is -0.136. The fourth-order valence-electron chi connectivity index (χ4n) is 2.51. The minimum atomic E-state index is 0.00408. The number of morpholine rings is 1. The fourth-order valence-corrected chi connectivity index (χ4v) is 2.51. The Balaban J connectivity index is 2.39. The van der Waals surface area contributed by atoms with Crippen molar-refractivity contribution in [1.82, 2.24) is 10.2 Å². The summed E-state index contributed by atoms with van der Waals surface area (Å²) >= 11 is 0. The summed E-state index contributed by atoms with van der Waals surface area (Å²) in [4.78, 5) is 2.56. The van der Waals surface area contributed by atoms with Crippen LogP contribution < -0.4 is 5.32 Å². The van der Waals surface area contributed by atoms with Crippen LogP contribution in [-0.2, 0) is 4.74 Å². The Bertz CT molecular complexity index is 206. The third-order valence-electron chi connectivity index (χ3n) is 3.21. The highest BCUT2D eigenvalue weighted by atomic mass is 16.5. The standard InChI is InChI=1S/C13H28N2O/c1-6-14-8-7-11(2)15-9-12(3)16-13(4,5)10-15/h11-12,14H,6-10H2,1-5H3. The Morgan fingerprint density at radius 3 is 2.75 bits per heavy atom. The molecule has 0 aromatic heterocycles. The minimum absolute atomic E-state index is 0.00408. The summed E-state index contributed by atoms with van der Waals surface area (Å²) in [5, 5.41) is 3.39. The second-order valence-corrected chi connectivity index (χ2v) is 5.61. The molecule has 96 valence electrons. The van der Waals surface area contributed by atoms with Crippen molar-refractivity contribution in [3.05, 3.63) is 0 Å². The Kier molecular flexibility index (Phi) is 5.22. The van der Waals surface area contributed by atoms with Crippen LogP contribution in [0.5, 0.6) is 0 Å². The lowest BCUT2D eigenvalue weighted by Crippen LogP contribution is -2.54. The SMILES string of the molecule is CCNCCC(C)N1CC(C)OC(C)(C)C1. The molecular formula is C13H28N2O. The Hall–Kier alpha value is -0.120. The number of nitrogens with zero attached hydrogens (tertiary/aromatic N) is 1. The van der Waals surface area contributed by atoms with Crippen LogP contribution in [0.2, 0.25) is 0 Å². The summed E-state index contributed by atoms with van der Waals surface area (Å²) in [5.74, 6) is 0. The van der Waals surface area contributed by atoms with Gasteiger partial charge in [-0.05, 0) is 47.2 Å². The molecule has 2 unspecified atom stereocenters. The highest BCUT2D eigenvalue weighted by Crippen LogP contribution is 2.22. The van der Waals surface area contributed by atoms with E-state index in [1.54, 1.807) is 0 Å². The van der Waals surface area contributed by atoms with Gasteiger partial charge in [-0.15, -0.1) is 0 Å². The van der Waals surface area contributed by atoms with Crippen molar-refractivity contribution in [3.8, 4) is 0 Å². The third kappa shape index (κ3) is 4.40. The molecule has 1 saturated heterocycles. The molecule has 2 atom stereocenters.